The second-order valence-corrected chi connectivity index (χ2v) is 5.45. The summed E-state index contributed by atoms with van der Waals surface area (Å²) in [5, 5.41) is 0. The molecule has 18 heavy (non-hydrogen) atoms. The Balaban J connectivity index is 1.76. The second-order valence-electron chi connectivity index (χ2n) is 5.45. The average molecular weight is 242 g/mol. The Morgan fingerprint density at radius 2 is 2.28 bits per heavy atom. The summed E-state index contributed by atoms with van der Waals surface area (Å²) in [7, 11) is 0. The zero-order chi connectivity index (χ0) is 12.8. The van der Waals surface area contributed by atoms with E-state index < -0.39 is 0 Å². The van der Waals surface area contributed by atoms with E-state index in [1.54, 1.807) is 5.57 Å². The third kappa shape index (κ3) is 3.83. The van der Waals surface area contributed by atoms with Crippen LogP contribution in [0.5, 0.6) is 0 Å². The average Bonchev–Trinajstić information content (AvgIpc) is 2.41. The van der Waals surface area contributed by atoms with E-state index in [0.29, 0.717) is 0 Å². The van der Waals surface area contributed by atoms with Gasteiger partial charge >= 0.3 is 0 Å². The van der Waals surface area contributed by atoms with Crippen molar-refractivity contribution >= 4 is 6.29 Å². The lowest BCUT2D eigenvalue weighted by Crippen LogP contribution is -2.05. The summed E-state index contributed by atoms with van der Waals surface area (Å²) < 4.78 is 0. The summed E-state index contributed by atoms with van der Waals surface area (Å²) in [6.45, 7) is 2.24. The van der Waals surface area contributed by atoms with Crippen molar-refractivity contribution < 1.29 is 4.79 Å². The maximum Gasteiger partial charge on any atom is 0.150 e. The van der Waals surface area contributed by atoms with Crippen molar-refractivity contribution in [3.05, 3.63) is 47.0 Å². The molecule has 0 amide bonds. The van der Waals surface area contributed by atoms with Crippen LogP contribution in [0.3, 0.4) is 0 Å². The number of hydrogen-bond acceptors (Lipinski definition) is 1. The molecule has 1 aromatic rings. The lowest BCUT2D eigenvalue weighted by Gasteiger charge is -2.20. The number of rotatable bonds is 5. The minimum absolute atomic E-state index is 0.795. The maximum absolute atomic E-state index is 10.7. The van der Waals surface area contributed by atoms with E-state index in [-0.39, 0.29) is 0 Å². The molecule has 96 valence electrons. The van der Waals surface area contributed by atoms with E-state index in [0.717, 1.165) is 24.2 Å². The van der Waals surface area contributed by atoms with Crippen LogP contribution >= 0.6 is 0 Å². The van der Waals surface area contributed by atoms with Crippen LogP contribution in [-0.2, 0) is 6.42 Å². The minimum atomic E-state index is 0.795. The molecule has 0 aromatic heterocycles. The Bertz CT molecular complexity index is 431. The normalized spacial score (nSPS) is 19.4. The van der Waals surface area contributed by atoms with E-state index in [4.69, 9.17) is 0 Å². The fourth-order valence-corrected chi connectivity index (χ4v) is 2.70. The Morgan fingerprint density at radius 1 is 1.39 bits per heavy atom. The van der Waals surface area contributed by atoms with E-state index in [1.807, 2.05) is 18.2 Å². The van der Waals surface area contributed by atoms with Gasteiger partial charge in [0.2, 0.25) is 0 Å². The molecule has 2 rings (SSSR count). The fraction of sp³-hybridized carbons (Fsp3) is 0.471. The summed E-state index contributed by atoms with van der Waals surface area (Å²) in [5.41, 5.74) is 3.65. The van der Waals surface area contributed by atoms with Crippen molar-refractivity contribution in [3.63, 3.8) is 0 Å². The van der Waals surface area contributed by atoms with Gasteiger partial charge in [-0.3, -0.25) is 4.79 Å². The Kier molecular flexibility index (Phi) is 4.74. The molecular weight excluding hydrogens is 220 g/mol. The Morgan fingerprint density at radius 3 is 3.00 bits per heavy atom. The first-order valence-electron chi connectivity index (χ1n) is 6.97. The molecule has 0 bridgehead atoms. The number of benzene rings is 1. The lowest BCUT2D eigenvalue weighted by molar-refractivity contribution is 0.112. The van der Waals surface area contributed by atoms with Crippen molar-refractivity contribution in [1.82, 2.24) is 0 Å². The predicted octanol–water partition coefficient (Wildman–Crippen LogP) is 4.57. The minimum Gasteiger partial charge on any atom is -0.298 e. The van der Waals surface area contributed by atoms with E-state index in [9.17, 15) is 4.79 Å². The number of aryl methyl sites for hydroxylation is 1. The molecule has 1 nitrogen and oxygen atoms in total. The summed E-state index contributed by atoms with van der Waals surface area (Å²) >= 11 is 0. The first-order valence-corrected chi connectivity index (χ1v) is 6.97. The lowest BCUT2D eigenvalue weighted by atomic mass is 9.86. The molecule has 1 heteroatoms. The molecule has 0 aliphatic heterocycles. The van der Waals surface area contributed by atoms with Crippen molar-refractivity contribution in [2.45, 2.75) is 45.4 Å². The van der Waals surface area contributed by atoms with Crippen LogP contribution in [0.15, 0.2) is 35.9 Å². The van der Waals surface area contributed by atoms with Crippen molar-refractivity contribution in [2.24, 2.45) is 5.92 Å². The first kappa shape index (κ1) is 13.1. The van der Waals surface area contributed by atoms with Gasteiger partial charge < -0.3 is 0 Å². The van der Waals surface area contributed by atoms with Crippen LogP contribution in [0, 0.1) is 5.92 Å². The largest absolute Gasteiger partial charge is 0.298 e. The van der Waals surface area contributed by atoms with Gasteiger partial charge in [0, 0.05) is 5.56 Å². The highest BCUT2D eigenvalue weighted by Crippen LogP contribution is 2.27. The van der Waals surface area contributed by atoms with Crippen LogP contribution in [-0.4, -0.2) is 6.29 Å². The molecule has 1 aromatic carbocycles. The number of allylic oxidation sites excluding steroid dienone is 2. The van der Waals surface area contributed by atoms with Gasteiger partial charge in [0.15, 0.2) is 0 Å². The standard InChI is InChI=1S/C17H22O/c1-14-8-10-15(11-9-14)4-2-5-16-6-3-7-17(12-16)13-18/h3,6-8,12-13,15H,2,4-5,9-11H2,1H3/t15-/m1/s1. The van der Waals surface area contributed by atoms with Gasteiger partial charge in [-0.05, 0) is 63.0 Å². The molecular formula is C17H22O. The van der Waals surface area contributed by atoms with Crippen LogP contribution in [0.25, 0.3) is 0 Å². The molecule has 0 unspecified atom stereocenters. The van der Waals surface area contributed by atoms with Crippen LogP contribution in [0.1, 0.15) is 54.9 Å². The van der Waals surface area contributed by atoms with Gasteiger partial charge in [-0.2, -0.15) is 0 Å². The molecule has 1 atom stereocenters. The van der Waals surface area contributed by atoms with Crippen molar-refractivity contribution in [1.29, 1.82) is 0 Å². The summed E-state index contributed by atoms with van der Waals surface area (Å²) in [5.74, 6) is 0.878. The zero-order valence-electron chi connectivity index (χ0n) is 11.2. The van der Waals surface area contributed by atoms with Gasteiger partial charge in [0.05, 0.1) is 0 Å². The molecule has 0 fully saturated rings. The SMILES string of the molecule is CC1=CC[C@@H](CCCc2cccc(C=O)c2)CC1. The highest BCUT2D eigenvalue weighted by atomic mass is 16.1. The van der Waals surface area contributed by atoms with Gasteiger partial charge in [0.25, 0.3) is 0 Å². The molecule has 0 N–H and O–H groups in total. The Hall–Kier alpha value is -1.37. The number of carbonyl (C=O) groups excluding carboxylic acids is 1. The monoisotopic (exact) mass is 242 g/mol. The number of carbonyl (C=O) groups is 1. The highest BCUT2D eigenvalue weighted by Gasteiger charge is 2.11. The van der Waals surface area contributed by atoms with E-state index >= 15 is 0 Å². The molecule has 1 aliphatic carbocycles. The van der Waals surface area contributed by atoms with E-state index in [1.165, 1.54) is 37.7 Å². The Labute approximate surface area is 110 Å². The van der Waals surface area contributed by atoms with Crippen LogP contribution in [0.2, 0.25) is 0 Å². The molecule has 1 aliphatic rings. The molecule has 0 saturated heterocycles. The third-order valence-electron chi connectivity index (χ3n) is 3.91. The van der Waals surface area contributed by atoms with Crippen molar-refractivity contribution in [3.8, 4) is 0 Å². The second kappa shape index (κ2) is 6.53. The first-order chi connectivity index (χ1) is 8.78. The molecule has 0 heterocycles. The quantitative estimate of drug-likeness (QED) is 0.546. The summed E-state index contributed by atoms with van der Waals surface area (Å²) in [6.07, 6.45) is 10.9. The molecule has 0 spiro atoms. The summed E-state index contributed by atoms with van der Waals surface area (Å²) in [4.78, 5) is 10.7. The van der Waals surface area contributed by atoms with Gasteiger partial charge in [-0.25, -0.2) is 0 Å². The topological polar surface area (TPSA) is 17.1 Å². The van der Waals surface area contributed by atoms with Crippen LogP contribution in [0.4, 0.5) is 0 Å². The summed E-state index contributed by atoms with van der Waals surface area (Å²) in [6, 6.07) is 7.98. The van der Waals surface area contributed by atoms with Gasteiger partial charge in [0.1, 0.15) is 6.29 Å². The van der Waals surface area contributed by atoms with Crippen molar-refractivity contribution in [2.75, 3.05) is 0 Å². The third-order valence-corrected chi connectivity index (χ3v) is 3.91. The van der Waals surface area contributed by atoms with Crippen LogP contribution < -0.4 is 0 Å². The molecule has 0 saturated carbocycles. The molecule has 0 radical (unpaired) electrons. The zero-order valence-corrected chi connectivity index (χ0v) is 11.2. The number of aldehydes is 1. The van der Waals surface area contributed by atoms with E-state index in [2.05, 4.69) is 19.1 Å². The van der Waals surface area contributed by atoms with Gasteiger partial charge in [-0.1, -0.05) is 29.8 Å². The maximum atomic E-state index is 10.7. The predicted molar refractivity (Wildman–Crippen MR) is 75.9 cm³/mol. The highest BCUT2D eigenvalue weighted by molar-refractivity contribution is 5.74. The number of hydrogen-bond donors (Lipinski definition) is 0. The van der Waals surface area contributed by atoms with Gasteiger partial charge in [-0.15, -0.1) is 0 Å². The fourth-order valence-electron chi connectivity index (χ4n) is 2.70. The smallest absolute Gasteiger partial charge is 0.150 e.